The maximum Gasteiger partial charge on any atom is 0.235 e. The molecule has 1 amide bonds. The molecule has 3 rings (SSSR count). The molecule has 4 heteroatoms. The Bertz CT molecular complexity index is 744. The second-order valence-electron chi connectivity index (χ2n) is 7.14. The van der Waals surface area contributed by atoms with Crippen LogP contribution < -0.4 is 4.90 Å². The molecule has 2 aromatic rings. The number of rotatable bonds is 4. The van der Waals surface area contributed by atoms with E-state index in [9.17, 15) is 4.79 Å². The standard InChI is InChI=1S/C22H28N2OS/c1-16-14-17(2)21(18(3)15-16)26-19(4)22(25)24-12-10-23(11-13-24)20-8-6-5-7-9-20/h5-9,14-15,19H,10-13H2,1-4H3. The molecule has 26 heavy (non-hydrogen) atoms. The molecule has 0 radical (unpaired) electrons. The van der Waals surface area contributed by atoms with Crippen molar-refractivity contribution >= 4 is 23.4 Å². The van der Waals surface area contributed by atoms with Crippen molar-refractivity contribution in [3.8, 4) is 0 Å². The Labute approximate surface area is 161 Å². The molecule has 0 aliphatic carbocycles. The Balaban J connectivity index is 1.60. The number of para-hydroxylation sites is 1. The van der Waals surface area contributed by atoms with E-state index in [0.717, 1.165) is 26.2 Å². The molecule has 1 aliphatic heterocycles. The number of thioether (sulfide) groups is 1. The van der Waals surface area contributed by atoms with Crippen LogP contribution in [0.4, 0.5) is 5.69 Å². The van der Waals surface area contributed by atoms with Gasteiger partial charge in [-0.3, -0.25) is 4.79 Å². The van der Waals surface area contributed by atoms with Gasteiger partial charge in [-0.1, -0.05) is 35.9 Å². The minimum Gasteiger partial charge on any atom is -0.368 e. The molecule has 0 saturated carbocycles. The van der Waals surface area contributed by atoms with Crippen LogP contribution in [-0.4, -0.2) is 42.2 Å². The Morgan fingerprint density at radius 3 is 2.12 bits per heavy atom. The third-order valence-electron chi connectivity index (χ3n) is 4.96. The van der Waals surface area contributed by atoms with Crippen molar-refractivity contribution in [1.82, 2.24) is 4.90 Å². The zero-order valence-corrected chi connectivity index (χ0v) is 17.0. The first-order valence-corrected chi connectivity index (χ1v) is 10.2. The van der Waals surface area contributed by atoms with Gasteiger partial charge in [-0.25, -0.2) is 0 Å². The molecule has 1 heterocycles. The van der Waals surface area contributed by atoms with Crippen LogP contribution in [0.15, 0.2) is 47.4 Å². The minimum atomic E-state index is -0.0571. The van der Waals surface area contributed by atoms with Gasteiger partial charge >= 0.3 is 0 Å². The molecule has 0 N–H and O–H groups in total. The number of carbonyl (C=O) groups excluding carboxylic acids is 1. The van der Waals surface area contributed by atoms with Crippen LogP contribution in [0.25, 0.3) is 0 Å². The summed E-state index contributed by atoms with van der Waals surface area (Å²) in [5.41, 5.74) is 5.05. The molecule has 0 spiro atoms. The van der Waals surface area contributed by atoms with Crippen LogP contribution in [0.3, 0.4) is 0 Å². The van der Waals surface area contributed by atoms with Gasteiger partial charge in [0.2, 0.25) is 5.91 Å². The van der Waals surface area contributed by atoms with Crippen LogP contribution >= 0.6 is 11.8 Å². The minimum absolute atomic E-state index is 0.0571. The van der Waals surface area contributed by atoms with Gasteiger partial charge < -0.3 is 9.80 Å². The lowest BCUT2D eigenvalue weighted by Crippen LogP contribution is -2.50. The van der Waals surface area contributed by atoms with Crippen molar-refractivity contribution in [3.05, 3.63) is 59.2 Å². The summed E-state index contributed by atoms with van der Waals surface area (Å²) in [7, 11) is 0. The van der Waals surface area contributed by atoms with E-state index in [4.69, 9.17) is 0 Å². The third kappa shape index (κ3) is 4.24. The second kappa shape index (κ2) is 8.17. The topological polar surface area (TPSA) is 23.6 Å². The van der Waals surface area contributed by atoms with E-state index in [-0.39, 0.29) is 11.2 Å². The normalized spacial score (nSPS) is 15.8. The van der Waals surface area contributed by atoms with Crippen molar-refractivity contribution in [2.24, 2.45) is 0 Å². The predicted molar refractivity (Wildman–Crippen MR) is 111 cm³/mol. The van der Waals surface area contributed by atoms with Gasteiger partial charge in [0.05, 0.1) is 5.25 Å². The Morgan fingerprint density at radius 1 is 0.962 bits per heavy atom. The number of amides is 1. The lowest BCUT2D eigenvalue weighted by molar-refractivity contribution is -0.130. The van der Waals surface area contributed by atoms with Gasteiger partial charge in [0.25, 0.3) is 0 Å². The fourth-order valence-electron chi connectivity index (χ4n) is 3.66. The number of hydrogen-bond donors (Lipinski definition) is 0. The second-order valence-corrected chi connectivity index (χ2v) is 8.49. The monoisotopic (exact) mass is 368 g/mol. The summed E-state index contributed by atoms with van der Waals surface area (Å²) >= 11 is 1.70. The van der Waals surface area contributed by atoms with Crippen LogP contribution in [0, 0.1) is 20.8 Å². The molecule has 2 aromatic carbocycles. The molecule has 138 valence electrons. The average molecular weight is 369 g/mol. The highest BCUT2D eigenvalue weighted by Crippen LogP contribution is 2.31. The number of carbonyl (C=O) groups is 1. The van der Waals surface area contributed by atoms with E-state index in [1.807, 2.05) is 17.9 Å². The maximum absolute atomic E-state index is 12.9. The zero-order chi connectivity index (χ0) is 18.7. The molecule has 1 fully saturated rings. The molecule has 3 nitrogen and oxygen atoms in total. The molecule has 1 aliphatic rings. The van der Waals surface area contributed by atoms with E-state index < -0.39 is 0 Å². The smallest absolute Gasteiger partial charge is 0.235 e. The van der Waals surface area contributed by atoms with E-state index in [0.29, 0.717) is 0 Å². The highest BCUT2D eigenvalue weighted by molar-refractivity contribution is 8.00. The molecule has 1 unspecified atom stereocenters. The third-order valence-corrected chi connectivity index (χ3v) is 6.39. The summed E-state index contributed by atoms with van der Waals surface area (Å²) in [5.74, 6) is 0.252. The van der Waals surface area contributed by atoms with E-state index >= 15 is 0 Å². The zero-order valence-electron chi connectivity index (χ0n) is 16.2. The first-order valence-electron chi connectivity index (χ1n) is 9.29. The van der Waals surface area contributed by atoms with E-state index in [1.54, 1.807) is 11.8 Å². The number of aryl methyl sites for hydroxylation is 3. The predicted octanol–water partition coefficient (Wildman–Crippen LogP) is 4.44. The molecule has 1 atom stereocenters. The van der Waals surface area contributed by atoms with E-state index in [2.05, 4.69) is 62.1 Å². The lowest BCUT2D eigenvalue weighted by Gasteiger charge is -2.37. The van der Waals surface area contributed by atoms with Gasteiger partial charge in [-0.2, -0.15) is 0 Å². The molecular formula is C22H28N2OS. The fraction of sp³-hybridized carbons (Fsp3) is 0.409. The van der Waals surface area contributed by atoms with Crippen LogP contribution in [0.1, 0.15) is 23.6 Å². The largest absolute Gasteiger partial charge is 0.368 e. The van der Waals surface area contributed by atoms with Crippen molar-refractivity contribution in [2.45, 2.75) is 37.8 Å². The fourth-order valence-corrected chi connectivity index (χ4v) is 4.75. The number of benzene rings is 2. The first kappa shape index (κ1) is 18.8. The number of anilines is 1. The number of piperazine rings is 1. The molecular weight excluding hydrogens is 340 g/mol. The summed E-state index contributed by atoms with van der Waals surface area (Å²) in [6.45, 7) is 11.8. The number of hydrogen-bond acceptors (Lipinski definition) is 3. The molecule has 0 bridgehead atoms. The van der Waals surface area contributed by atoms with Crippen LogP contribution in [0.2, 0.25) is 0 Å². The quantitative estimate of drug-likeness (QED) is 0.746. The van der Waals surface area contributed by atoms with Crippen LogP contribution in [0.5, 0.6) is 0 Å². The van der Waals surface area contributed by atoms with Gasteiger partial charge in [-0.15, -0.1) is 11.8 Å². The van der Waals surface area contributed by atoms with Crippen molar-refractivity contribution in [2.75, 3.05) is 31.1 Å². The molecule has 1 saturated heterocycles. The average Bonchev–Trinajstić information content (AvgIpc) is 2.64. The van der Waals surface area contributed by atoms with Crippen molar-refractivity contribution in [1.29, 1.82) is 0 Å². The maximum atomic E-state index is 12.9. The Morgan fingerprint density at radius 2 is 1.54 bits per heavy atom. The van der Waals surface area contributed by atoms with Crippen LogP contribution in [-0.2, 0) is 4.79 Å². The van der Waals surface area contributed by atoms with Crippen molar-refractivity contribution in [3.63, 3.8) is 0 Å². The Kier molecular flexibility index (Phi) is 5.92. The van der Waals surface area contributed by atoms with E-state index in [1.165, 1.54) is 27.3 Å². The summed E-state index contributed by atoms with van der Waals surface area (Å²) in [5, 5.41) is -0.0571. The SMILES string of the molecule is Cc1cc(C)c(SC(C)C(=O)N2CCN(c3ccccc3)CC2)c(C)c1. The summed E-state index contributed by atoms with van der Waals surface area (Å²) in [4.78, 5) is 18.6. The highest BCUT2D eigenvalue weighted by atomic mass is 32.2. The van der Waals surface area contributed by atoms with Gasteiger partial charge in [-0.05, 0) is 51.0 Å². The number of nitrogens with zero attached hydrogens (tertiary/aromatic N) is 2. The molecule has 0 aromatic heterocycles. The summed E-state index contributed by atoms with van der Waals surface area (Å²) in [6, 6.07) is 14.8. The summed E-state index contributed by atoms with van der Waals surface area (Å²) in [6.07, 6.45) is 0. The van der Waals surface area contributed by atoms with Crippen molar-refractivity contribution < 1.29 is 4.79 Å². The highest BCUT2D eigenvalue weighted by Gasteiger charge is 2.26. The lowest BCUT2D eigenvalue weighted by atomic mass is 10.1. The van der Waals surface area contributed by atoms with Gasteiger partial charge in [0.15, 0.2) is 0 Å². The van der Waals surface area contributed by atoms with Gasteiger partial charge in [0.1, 0.15) is 0 Å². The Hall–Kier alpha value is -1.94. The first-order chi connectivity index (χ1) is 12.5. The van der Waals surface area contributed by atoms with Gasteiger partial charge in [0, 0.05) is 36.8 Å². The summed E-state index contributed by atoms with van der Waals surface area (Å²) < 4.78 is 0.